The summed E-state index contributed by atoms with van der Waals surface area (Å²) < 4.78 is 23.9. The van der Waals surface area contributed by atoms with Crippen LogP contribution in [0.2, 0.25) is 0 Å². The number of hydrogen-bond donors (Lipinski definition) is 0. The van der Waals surface area contributed by atoms with E-state index in [9.17, 15) is 4.79 Å². The molecule has 2 heterocycles. The van der Waals surface area contributed by atoms with E-state index in [0.29, 0.717) is 23.9 Å². The first kappa shape index (κ1) is 25.1. The summed E-state index contributed by atoms with van der Waals surface area (Å²) in [4.78, 5) is 21.3. The van der Waals surface area contributed by atoms with Crippen molar-refractivity contribution in [1.29, 1.82) is 0 Å². The van der Waals surface area contributed by atoms with Gasteiger partial charge in [0.1, 0.15) is 11.5 Å². The molecule has 7 nitrogen and oxygen atoms in total. The molecule has 3 fully saturated rings. The van der Waals surface area contributed by atoms with Crippen molar-refractivity contribution in [3.8, 4) is 17.2 Å². The van der Waals surface area contributed by atoms with Gasteiger partial charge in [0.15, 0.2) is 17.2 Å². The maximum Gasteiger partial charge on any atom is 0.241 e. The van der Waals surface area contributed by atoms with Gasteiger partial charge in [0.05, 0.1) is 43.8 Å². The Morgan fingerprint density at radius 3 is 2.37 bits per heavy atom. The average molecular weight is 534 g/mol. The van der Waals surface area contributed by atoms with Crippen LogP contribution in [0.15, 0.2) is 78.9 Å². The minimum Gasteiger partial charge on any atom is -0.493 e. The Kier molecular flexibility index (Phi) is 7.44. The topological polar surface area (TPSA) is 66.5 Å². The zero-order valence-electron chi connectivity index (χ0n) is 21.2. The van der Waals surface area contributed by atoms with Gasteiger partial charge < -0.3 is 24.0 Å². The number of hydrogen-bond acceptors (Lipinski definition) is 7. The fourth-order valence-corrected chi connectivity index (χ4v) is 6.48. The Labute approximate surface area is 227 Å². The Morgan fingerprint density at radius 2 is 1.63 bits per heavy atom. The molecule has 1 saturated carbocycles. The van der Waals surface area contributed by atoms with Crippen LogP contribution in [-0.2, 0) is 13.9 Å². The van der Waals surface area contributed by atoms with Gasteiger partial charge in [0.25, 0.3) is 0 Å². The van der Waals surface area contributed by atoms with Crippen molar-refractivity contribution >= 4 is 17.9 Å². The van der Waals surface area contributed by atoms with Crippen molar-refractivity contribution in [2.45, 2.75) is 55.2 Å². The Hall–Kier alpha value is -3.20. The third-order valence-corrected chi connectivity index (χ3v) is 8.38. The molecule has 0 aromatic heterocycles. The second-order valence-corrected chi connectivity index (χ2v) is 10.7. The summed E-state index contributed by atoms with van der Waals surface area (Å²) >= 11 is 1.03. The van der Waals surface area contributed by atoms with E-state index in [4.69, 9.17) is 23.4 Å². The number of carbonyl (C=O) groups excluding carboxylic acids is 1. The van der Waals surface area contributed by atoms with Crippen LogP contribution in [0.5, 0.6) is 17.2 Å². The van der Waals surface area contributed by atoms with Crippen molar-refractivity contribution in [3.63, 3.8) is 0 Å². The summed E-state index contributed by atoms with van der Waals surface area (Å²) in [7, 11) is 1.65. The highest BCUT2D eigenvalue weighted by atomic mass is 32.2. The molecule has 1 amide bonds. The fourth-order valence-electron chi connectivity index (χ4n) is 5.66. The number of benzene rings is 3. The molecule has 1 aliphatic carbocycles. The molecule has 0 N–H and O–H groups in total. The largest absolute Gasteiger partial charge is 0.493 e. The van der Waals surface area contributed by atoms with Gasteiger partial charge >= 0.3 is 0 Å². The predicted molar refractivity (Wildman–Crippen MR) is 144 cm³/mol. The number of rotatable bonds is 9. The van der Waals surface area contributed by atoms with Gasteiger partial charge in [-0.3, -0.25) is 4.79 Å². The number of nitrogens with zero attached hydrogens (tertiary/aromatic N) is 1. The highest BCUT2D eigenvalue weighted by molar-refractivity contribution is 7.96. The van der Waals surface area contributed by atoms with Crippen LogP contribution in [0, 0.1) is 0 Å². The zero-order valence-corrected chi connectivity index (χ0v) is 22.0. The number of methoxy groups -OCH3 is 1. The lowest BCUT2D eigenvalue weighted by molar-refractivity contribution is -0.131. The number of carbonyl (C=O) groups is 1. The second kappa shape index (κ2) is 11.3. The zero-order chi connectivity index (χ0) is 25.9. The molecule has 38 heavy (non-hydrogen) atoms. The van der Waals surface area contributed by atoms with Gasteiger partial charge in [-0.2, -0.15) is 0 Å². The maximum absolute atomic E-state index is 13.9. The summed E-state index contributed by atoms with van der Waals surface area (Å²) in [6.07, 6.45) is 4.17. The highest BCUT2D eigenvalue weighted by Gasteiger charge is 2.56. The smallest absolute Gasteiger partial charge is 0.241 e. The van der Waals surface area contributed by atoms with E-state index in [2.05, 4.69) is 0 Å². The third kappa shape index (κ3) is 4.96. The van der Waals surface area contributed by atoms with Crippen molar-refractivity contribution in [2.75, 3.05) is 13.7 Å². The predicted octanol–water partition coefficient (Wildman–Crippen LogP) is 6.07. The van der Waals surface area contributed by atoms with E-state index in [0.717, 1.165) is 36.0 Å². The molecular weight excluding hydrogens is 502 g/mol. The van der Waals surface area contributed by atoms with Gasteiger partial charge in [0, 0.05) is 0 Å². The molecule has 6 rings (SSSR count). The SMILES string of the molecule is COc1ccc(C2C(SOOc3ccccc3)C(=O)N3C(c4ccccc4)COC23)cc1OC1CCCC1. The van der Waals surface area contributed by atoms with Crippen LogP contribution in [0.1, 0.15) is 48.8 Å². The third-order valence-electron chi connectivity index (χ3n) is 7.54. The quantitative estimate of drug-likeness (QED) is 0.188. The normalized spacial score (nSPS) is 25.0. The molecule has 3 aromatic rings. The summed E-state index contributed by atoms with van der Waals surface area (Å²) in [6, 6.07) is 25.0. The summed E-state index contributed by atoms with van der Waals surface area (Å²) in [5.41, 5.74) is 1.99. The van der Waals surface area contributed by atoms with Crippen molar-refractivity contribution in [1.82, 2.24) is 4.90 Å². The van der Waals surface area contributed by atoms with Crippen LogP contribution in [0.25, 0.3) is 0 Å². The van der Waals surface area contributed by atoms with Crippen molar-refractivity contribution < 1.29 is 28.2 Å². The summed E-state index contributed by atoms with van der Waals surface area (Å²) in [5, 5.41) is -0.567. The summed E-state index contributed by atoms with van der Waals surface area (Å²) in [5.74, 6) is 1.62. The number of para-hydroxylation sites is 1. The lowest BCUT2D eigenvalue weighted by Gasteiger charge is -2.24. The molecule has 0 radical (unpaired) electrons. The minimum absolute atomic E-state index is 0.0397. The first-order valence-electron chi connectivity index (χ1n) is 13.1. The Morgan fingerprint density at radius 1 is 0.895 bits per heavy atom. The van der Waals surface area contributed by atoms with Crippen molar-refractivity contribution in [3.05, 3.63) is 90.0 Å². The maximum atomic E-state index is 13.9. The van der Waals surface area contributed by atoms with E-state index >= 15 is 0 Å². The molecule has 4 atom stereocenters. The van der Waals surface area contributed by atoms with Gasteiger partial charge in [-0.05, 0) is 61.1 Å². The van der Waals surface area contributed by atoms with E-state index in [1.807, 2.05) is 71.6 Å². The van der Waals surface area contributed by atoms with Crippen LogP contribution in [-0.4, -0.2) is 42.1 Å². The van der Waals surface area contributed by atoms with E-state index < -0.39 is 11.5 Å². The van der Waals surface area contributed by atoms with Crippen LogP contribution in [0.3, 0.4) is 0 Å². The monoisotopic (exact) mass is 533 g/mol. The molecule has 4 unspecified atom stereocenters. The highest BCUT2D eigenvalue weighted by Crippen LogP contribution is 2.50. The molecule has 3 aromatic carbocycles. The molecular formula is C30H31NO6S. The molecule has 0 spiro atoms. The molecule has 198 valence electrons. The molecule has 2 saturated heterocycles. The van der Waals surface area contributed by atoms with E-state index in [-0.39, 0.29) is 24.0 Å². The van der Waals surface area contributed by atoms with Gasteiger partial charge in [-0.15, -0.1) is 4.33 Å². The van der Waals surface area contributed by atoms with Crippen molar-refractivity contribution in [2.24, 2.45) is 0 Å². The summed E-state index contributed by atoms with van der Waals surface area (Å²) in [6.45, 7) is 0.442. The first-order chi connectivity index (χ1) is 18.7. The molecule has 3 aliphatic rings. The lowest BCUT2D eigenvalue weighted by atomic mass is 9.95. The van der Waals surface area contributed by atoms with Crippen LogP contribution in [0.4, 0.5) is 0 Å². The second-order valence-electron chi connectivity index (χ2n) is 9.84. The molecule has 8 heteroatoms. The fraction of sp³-hybridized carbons (Fsp3) is 0.367. The lowest BCUT2D eigenvalue weighted by Crippen LogP contribution is -2.33. The van der Waals surface area contributed by atoms with E-state index in [1.54, 1.807) is 19.2 Å². The average Bonchev–Trinajstić information content (AvgIpc) is 3.69. The van der Waals surface area contributed by atoms with Gasteiger partial charge in [-0.1, -0.05) is 54.6 Å². The van der Waals surface area contributed by atoms with E-state index in [1.165, 1.54) is 12.8 Å². The molecule has 2 aliphatic heterocycles. The Balaban J connectivity index is 1.30. The van der Waals surface area contributed by atoms with Gasteiger partial charge in [-0.25, -0.2) is 0 Å². The van der Waals surface area contributed by atoms with Crippen LogP contribution >= 0.6 is 12.0 Å². The van der Waals surface area contributed by atoms with Crippen LogP contribution < -0.4 is 14.4 Å². The number of amides is 1. The van der Waals surface area contributed by atoms with Gasteiger partial charge in [0.2, 0.25) is 5.91 Å². The standard InChI is InChI=1S/C30H31NO6S/c1-33-25-17-16-21(18-26(25)35-22-12-8-9-13-22)27-28(38-37-36-23-14-6-3-7-15-23)29(32)31-24(19-34-30(27)31)20-10-4-2-5-11-20/h2-7,10-11,14-18,22,24,27-28,30H,8-9,12-13,19H2,1H3. The molecule has 0 bridgehead atoms. The number of ether oxygens (including phenoxy) is 3. The first-order valence-corrected chi connectivity index (χ1v) is 13.9. The number of fused-ring (bicyclic) bond motifs is 1. The Bertz CT molecular complexity index is 1240. The minimum atomic E-state index is -0.567.